The third kappa shape index (κ3) is 1.62. The molecule has 0 saturated heterocycles. The molecule has 0 aliphatic heterocycles. The normalized spacial score (nSPS) is 24.9. The van der Waals surface area contributed by atoms with Crippen molar-refractivity contribution in [1.82, 2.24) is 0 Å². The molecule has 0 aromatic rings. The van der Waals surface area contributed by atoms with Crippen molar-refractivity contribution < 1.29 is 0 Å². The Morgan fingerprint density at radius 3 is 3.00 bits per heavy atom. The van der Waals surface area contributed by atoms with Crippen LogP contribution in [0, 0.1) is 12.3 Å². The van der Waals surface area contributed by atoms with E-state index in [0.717, 1.165) is 12.0 Å². The standard InChI is InChI=1S/C8H7Cl/c1-2-7-3-5-8(9)6-4-7/h1,3-5,8H,6H2. The average Bonchev–Trinajstić information content (AvgIpc) is 1.90. The second kappa shape index (κ2) is 2.75. The van der Waals surface area contributed by atoms with E-state index in [1.807, 2.05) is 18.2 Å². The number of hydrogen-bond acceptors (Lipinski definition) is 0. The minimum absolute atomic E-state index is 0.141. The van der Waals surface area contributed by atoms with Crippen LogP contribution in [0.25, 0.3) is 0 Å². The van der Waals surface area contributed by atoms with Crippen LogP contribution in [0.1, 0.15) is 6.42 Å². The van der Waals surface area contributed by atoms with Crippen LogP contribution in [-0.2, 0) is 0 Å². The summed E-state index contributed by atoms with van der Waals surface area (Å²) in [5.74, 6) is 2.54. The number of rotatable bonds is 0. The second-order valence-electron chi connectivity index (χ2n) is 1.91. The molecule has 0 aromatic carbocycles. The fraction of sp³-hybridized carbons (Fsp3) is 0.250. The maximum Gasteiger partial charge on any atom is 0.0554 e. The summed E-state index contributed by atoms with van der Waals surface area (Å²) in [6.45, 7) is 0. The average molecular weight is 139 g/mol. The van der Waals surface area contributed by atoms with E-state index in [1.165, 1.54) is 0 Å². The van der Waals surface area contributed by atoms with Crippen molar-refractivity contribution in [2.24, 2.45) is 0 Å². The van der Waals surface area contributed by atoms with E-state index in [9.17, 15) is 0 Å². The molecular formula is C8H7Cl. The van der Waals surface area contributed by atoms with Crippen molar-refractivity contribution in [3.63, 3.8) is 0 Å². The number of terminal acetylenes is 1. The van der Waals surface area contributed by atoms with Crippen LogP contribution in [0.15, 0.2) is 23.8 Å². The van der Waals surface area contributed by atoms with Gasteiger partial charge in [0.25, 0.3) is 0 Å². The zero-order valence-corrected chi connectivity index (χ0v) is 5.73. The maximum absolute atomic E-state index is 5.74. The van der Waals surface area contributed by atoms with Gasteiger partial charge in [0.15, 0.2) is 0 Å². The highest BCUT2D eigenvalue weighted by atomic mass is 35.5. The molecule has 46 valence electrons. The highest BCUT2D eigenvalue weighted by molar-refractivity contribution is 6.22. The summed E-state index contributed by atoms with van der Waals surface area (Å²) in [4.78, 5) is 0. The third-order valence-corrected chi connectivity index (χ3v) is 1.54. The molecule has 1 aliphatic rings. The smallest absolute Gasteiger partial charge is 0.0554 e. The van der Waals surface area contributed by atoms with Crippen molar-refractivity contribution >= 4 is 11.6 Å². The molecule has 9 heavy (non-hydrogen) atoms. The van der Waals surface area contributed by atoms with Crippen molar-refractivity contribution in [3.05, 3.63) is 23.8 Å². The molecule has 0 saturated carbocycles. The Kier molecular flexibility index (Phi) is 1.97. The van der Waals surface area contributed by atoms with E-state index >= 15 is 0 Å². The highest BCUT2D eigenvalue weighted by Gasteiger charge is 2.01. The topological polar surface area (TPSA) is 0 Å². The summed E-state index contributed by atoms with van der Waals surface area (Å²) in [6.07, 6.45) is 11.8. The molecule has 1 heteroatoms. The molecule has 0 aromatic heterocycles. The first-order chi connectivity index (χ1) is 4.33. The van der Waals surface area contributed by atoms with E-state index in [0.29, 0.717) is 0 Å². The lowest BCUT2D eigenvalue weighted by Gasteiger charge is -2.04. The first-order valence-corrected chi connectivity index (χ1v) is 3.25. The highest BCUT2D eigenvalue weighted by Crippen LogP contribution is 2.13. The van der Waals surface area contributed by atoms with E-state index in [1.54, 1.807) is 0 Å². The molecule has 0 radical (unpaired) electrons. The van der Waals surface area contributed by atoms with Crippen molar-refractivity contribution in [2.45, 2.75) is 11.8 Å². The van der Waals surface area contributed by atoms with Crippen LogP contribution in [0.5, 0.6) is 0 Å². The van der Waals surface area contributed by atoms with Crippen molar-refractivity contribution in [1.29, 1.82) is 0 Å². The molecular weight excluding hydrogens is 132 g/mol. The SMILES string of the molecule is C#CC1=CCC(Cl)C=C1. The van der Waals surface area contributed by atoms with E-state index in [4.69, 9.17) is 18.0 Å². The monoisotopic (exact) mass is 138 g/mol. The largest absolute Gasteiger partial charge is 0.118 e. The number of halogens is 1. The van der Waals surface area contributed by atoms with Crippen molar-refractivity contribution in [3.8, 4) is 12.3 Å². The summed E-state index contributed by atoms with van der Waals surface area (Å²) in [7, 11) is 0. The van der Waals surface area contributed by atoms with Crippen LogP contribution in [-0.4, -0.2) is 5.38 Å². The Morgan fingerprint density at radius 2 is 2.56 bits per heavy atom. The zero-order valence-electron chi connectivity index (χ0n) is 4.97. The predicted molar refractivity (Wildman–Crippen MR) is 40.3 cm³/mol. The predicted octanol–water partition coefficient (Wildman–Crippen LogP) is 2.11. The summed E-state index contributed by atoms with van der Waals surface area (Å²) in [5.41, 5.74) is 0.937. The number of allylic oxidation sites excluding steroid dienone is 4. The van der Waals surface area contributed by atoms with E-state index in [2.05, 4.69) is 5.92 Å². The molecule has 0 spiro atoms. The molecule has 1 unspecified atom stereocenters. The molecule has 0 bridgehead atoms. The van der Waals surface area contributed by atoms with Gasteiger partial charge in [0.2, 0.25) is 0 Å². The van der Waals surface area contributed by atoms with E-state index in [-0.39, 0.29) is 5.38 Å². The lowest BCUT2D eigenvalue weighted by molar-refractivity contribution is 1.04. The van der Waals surface area contributed by atoms with Gasteiger partial charge in [0, 0.05) is 5.57 Å². The second-order valence-corrected chi connectivity index (χ2v) is 2.48. The fourth-order valence-corrected chi connectivity index (χ4v) is 0.863. The van der Waals surface area contributed by atoms with Gasteiger partial charge in [-0.2, -0.15) is 0 Å². The number of hydrogen-bond donors (Lipinski definition) is 0. The maximum atomic E-state index is 5.74. The van der Waals surface area contributed by atoms with Crippen LogP contribution < -0.4 is 0 Å². The quantitative estimate of drug-likeness (QED) is 0.355. The third-order valence-electron chi connectivity index (χ3n) is 1.21. The summed E-state index contributed by atoms with van der Waals surface area (Å²) < 4.78 is 0. The minimum Gasteiger partial charge on any atom is -0.118 e. The molecule has 0 fully saturated rings. The van der Waals surface area contributed by atoms with Crippen LogP contribution in [0.3, 0.4) is 0 Å². The van der Waals surface area contributed by atoms with Gasteiger partial charge in [-0.05, 0) is 12.5 Å². The summed E-state index contributed by atoms with van der Waals surface area (Å²) >= 11 is 5.74. The molecule has 1 atom stereocenters. The van der Waals surface area contributed by atoms with Gasteiger partial charge in [-0.15, -0.1) is 18.0 Å². The molecule has 0 nitrogen and oxygen atoms in total. The molecule has 0 N–H and O–H groups in total. The lowest BCUT2D eigenvalue weighted by Crippen LogP contribution is -1.95. The number of alkyl halides is 1. The summed E-state index contributed by atoms with van der Waals surface area (Å²) in [5, 5.41) is 0.141. The summed E-state index contributed by atoms with van der Waals surface area (Å²) in [6, 6.07) is 0. The van der Waals surface area contributed by atoms with Gasteiger partial charge < -0.3 is 0 Å². The van der Waals surface area contributed by atoms with Gasteiger partial charge in [0.1, 0.15) is 0 Å². The Hall–Kier alpha value is -0.670. The first kappa shape index (κ1) is 6.45. The molecule has 0 heterocycles. The molecule has 0 amide bonds. The van der Waals surface area contributed by atoms with Gasteiger partial charge >= 0.3 is 0 Å². The van der Waals surface area contributed by atoms with Gasteiger partial charge in [-0.3, -0.25) is 0 Å². The van der Waals surface area contributed by atoms with Gasteiger partial charge in [-0.25, -0.2) is 0 Å². The minimum atomic E-state index is 0.141. The lowest BCUT2D eigenvalue weighted by atomic mass is 10.1. The first-order valence-electron chi connectivity index (χ1n) is 2.82. The van der Waals surface area contributed by atoms with Gasteiger partial charge in [-0.1, -0.05) is 18.1 Å². The molecule has 1 rings (SSSR count). The Bertz CT molecular complexity index is 193. The van der Waals surface area contributed by atoms with Crippen molar-refractivity contribution in [2.75, 3.05) is 0 Å². The molecule has 1 aliphatic carbocycles. The van der Waals surface area contributed by atoms with Crippen LogP contribution in [0.2, 0.25) is 0 Å². The Morgan fingerprint density at radius 1 is 1.78 bits per heavy atom. The van der Waals surface area contributed by atoms with E-state index < -0.39 is 0 Å². The van der Waals surface area contributed by atoms with Gasteiger partial charge in [0.05, 0.1) is 5.38 Å². The Balaban J connectivity index is 2.66. The zero-order chi connectivity index (χ0) is 6.69. The van der Waals surface area contributed by atoms with Crippen LogP contribution >= 0.6 is 11.6 Å². The van der Waals surface area contributed by atoms with Crippen LogP contribution in [0.4, 0.5) is 0 Å². The Labute approximate surface area is 60.2 Å². The fourth-order valence-electron chi connectivity index (χ4n) is 0.701.